The van der Waals surface area contributed by atoms with Crippen molar-refractivity contribution in [1.29, 1.82) is 0 Å². The van der Waals surface area contributed by atoms with Gasteiger partial charge in [0, 0.05) is 19.0 Å². The van der Waals surface area contributed by atoms with Crippen LogP contribution in [-0.4, -0.2) is 36.3 Å². The lowest BCUT2D eigenvalue weighted by molar-refractivity contribution is -0.128. The van der Waals surface area contributed by atoms with E-state index in [0.29, 0.717) is 12.1 Å². The largest absolute Gasteiger partial charge is 0.496 e. The van der Waals surface area contributed by atoms with Gasteiger partial charge in [-0.05, 0) is 43.5 Å². The number of methoxy groups -OCH3 is 1. The maximum atomic E-state index is 12.5. The standard InChI is InChI=1S/C15H19NO3/c1-10-9-12(6-7-14(10)19-3)15(18)13-5-4-8-16(13)11(2)17/h6-7,9,13H,4-5,8H2,1-3H3. The summed E-state index contributed by atoms with van der Waals surface area (Å²) in [6.45, 7) is 4.11. The highest BCUT2D eigenvalue weighted by molar-refractivity contribution is 6.02. The molecule has 0 bridgehead atoms. The Labute approximate surface area is 113 Å². The third kappa shape index (κ3) is 2.62. The molecule has 1 aromatic rings. The highest BCUT2D eigenvalue weighted by Crippen LogP contribution is 2.24. The van der Waals surface area contributed by atoms with E-state index in [4.69, 9.17) is 4.74 Å². The van der Waals surface area contributed by atoms with E-state index in [1.165, 1.54) is 6.92 Å². The SMILES string of the molecule is COc1ccc(C(=O)C2CCCN2C(C)=O)cc1C. The minimum Gasteiger partial charge on any atom is -0.496 e. The van der Waals surface area contributed by atoms with E-state index in [0.717, 1.165) is 24.2 Å². The maximum Gasteiger partial charge on any atom is 0.220 e. The van der Waals surface area contributed by atoms with E-state index in [-0.39, 0.29) is 17.7 Å². The second kappa shape index (κ2) is 5.43. The summed E-state index contributed by atoms with van der Waals surface area (Å²) in [6, 6.07) is 5.10. The molecule has 1 atom stereocenters. The summed E-state index contributed by atoms with van der Waals surface area (Å²) in [6.07, 6.45) is 1.65. The Morgan fingerprint density at radius 3 is 2.68 bits per heavy atom. The van der Waals surface area contributed by atoms with E-state index in [1.807, 2.05) is 13.0 Å². The average Bonchev–Trinajstić information content (AvgIpc) is 2.87. The molecule has 0 aromatic heterocycles. The molecule has 0 aliphatic carbocycles. The zero-order chi connectivity index (χ0) is 14.0. The van der Waals surface area contributed by atoms with Crippen molar-refractivity contribution in [2.45, 2.75) is 32.7 Å². The third-order valence-corrected chi connectivity index (χ3v) is 3.64. The number of rotatable bonds is 3. The van der Waals surface area contributed by atoms with Gasteiger partial charge in [-0.2, -0.15) is 0 Å². The highest BCUT2D eigenvalue weighted by atomic mass is 16.5. The van der Waals surface area contributed by atoms with Crippen LogP contribution < -0.4 is 4.74 Å². The molecule has 1 amide bonds. The van der Waals surface area contributed by atoms with Crippen molar-refractivity contribution in [2.75, 3.05) is 13.7 Å². The average molecular weight is 261 g/mol. The molecule has 1 saturated heterocycles. The van der Waals surface area contributed by atoms with Crippen LogP contribution in [0.15, 0.2) is 18.2 Å². The quantitative estimate of drug-likeness (QED) is 0.784. The Kier molecular flexibility index (Phi) is 3.88. The fraction of sp³-hybridized carbons (Fsp3) is 0.467. The van der Waals surface area contributed by atoms with Gasteiger partial charge in [0.15, 0.2) is 5.78 Å². The number of hydrogen-bond donors (Lipinski definition) is 0. The van der Waals surface area contributed by atoms with Gasteiger partial charge in [0.1, 0.15) is 5.75 Å². The number of carbonyl (C=O) groups is 2. The fourth-order valence-corrected chi connectivity index (χ4v) is 2.64. The van der Waals surface area contributed by atoms with Crippen LogP contribution in [0.5, 0.6) is 5.75 Å². The molecule has 1 aromatic carbocycles. The molecule has 4 nitrogen and oxygen atoms in total. The molecule has 2 rings (SSSR count). The number of amides is 1. The van der Waals surface area contributed by atoms with Crippen LogP contribution in [0.25, 0.3) is 0 Å². The van der Waals surface area contributed by atoms with Gasteiger partial charge in [-0.25, -0.2) is 0 Å². The summed E-state index contributed by atoms with van der Waals surface area (Å²) < 4.78 is 5.19. The van der Waals surface area contributed by atoms with E-state index >= 15 is 0 Å². The van der Waals surface area contributed by atoms with Crippen LogP contribution in [0, 0.1) is 6.92 Å². The minimum atomic E-state index is -0.301. The van der Waals surface area contributed by atoms with Crippen molar-refractivity contribution in [3.8, 4) is 5.75 Å². The highest BCUT2D eigenvalue weighted by Gasteiger charge is 2.32. The molecular formula is C15H19NO3. The van der Waals surface area contributed by atoms with Crippen molar-refractivity contribution in [1.82, 2.24) is 4.90 Å². The van der Waals surface area contributed by atoms with Gasteiger partial charge in [0.25, 0.3) is 0 Å². The smallest absolute Gasteiger partial charge is 0.220 e. The van der Waals surface area contributed by atoms with Gasteiger partial charge in [-0.3, -0.25) is 9.59 Å². The normalized spacial score (nSPS) is 18.5. The lowest BCUT2D eigenvalue weighted by Crippen LogP contribution is -2.39. The molecule has 1 aliphatic rings. The summed E-state index contributed by atoms with van der Waals surface area (Å²) in [4.78, 5) is 25.7. The summed E-state index contributed by atoms with van der Waals surface area (Å²) in [5.74, 6) is 0.769. The molecule has 0 N–H and O–H groups in total. The molecular weight excluding hydrogens is 242 g/mol. The molecule has 1 heterocycles. The van der Waals surface area contributed by atoms with Crippen molar-refractivity contribution < 1.29 is 14.3 Å². The van der Waals surface area contributed by atoms with Gasteiger partial charge >= 0.3 is 0 Å². The first-order valence-corrected chi connectivity index (χ1v) is 6.50. The number of Topliss-reactive ketones (excluding diaryl/α,β-unsaturated/α-hetero) is 1. The summed E-state index contributed by atoms with van der Waals surface area (Å²) in [5, 5.41) is 0. The second-order valence-corrected chi connectivity index (χ2v) is 4.92. The van der Waals surface area contributed by atoms with Crippen molar-refractivity contribution in [3.63, 3.8) is 0 Å². The number of ketones is 1. The van der Waals surface area contributed by atoms with Crippen LogP contribution in [0.3, 0.4) is 0 Å². The van der Waals surface area contributed by atoms with E-state index in [9.17, 15) is 9.59 Å². The fourth-order valence-electron chi connectivity index (χ4n) is 2.64. The summed E-state index contributed by atoms with van der Waals surface area (Å²) in [5.41, 5.74) is 1.58. The maximum absolute atomic E-state index is 12.5. The zero-order valence-electron chi connectivity index (χ0n) is 11.6. The Morgan fingerprint density at radius 2 is 2.11 bits per heavy atom. The van der Waals surface area contributed by atoms with Crippen LogP contribution >= 0.6 is 0 Å². The Hall–Kier alpha value is -1.84. The lowest BCUT2D eigenvalue weighted by atomic mass is 10.00. The first-order chi connectivity index (χ1) is 9.04. The van der Waals surface area contributed by atoms with Gasteiger partial charge in [-0.15, -0.1) is 0 Å². The zero-order valence-corrected chi connectivity index (χ0v) is 11.6. The molecule has 1 fully saturated rings. The van der Waals surface area contributed by atoms with E-state index in [1.54, 1.807) is 24.1 Å². The number of ether oxygens (including phenoxy) is 1. The number of hydrogen-bond acceptors (Lipinski definition) is 3. The van der Waals surface area contributed by atoms with Gasteiger partial charge in [-0.1, -0.05) is 0 Å². The van der Waals surface area contributed by atoms with Crippen LogP contribution in [-0.2, 0) is 4.79 Å². The number of aryl methyl sites for hydroxylation is 1. The molecule has 1 aliphatic heterocycles. The summed E-state index contributed by atoms with van der Waals surface area (Å²) in [7, 11) is 1.61. The first-order valence-electron chi connectivity index (χ1n) is 6.50. The Morgan fingerprint density at radius 1 is 1.37 bits per heavy atom. The number of carbonyl (C=O) groups excluding carboxylic acids is 2. The number of nitrogens with zero attached hydrogens (tertiary/aromatic N) is 1. The minimum absolute atomic E-state index is 0.0263. The lowest BCUT2D eigenvalue weighted by Gasteiger charge is -2.22. The first kappa shape index (κ1) is 13.6. The number of benzene rings is 1. The van der Waals surface area contributed by atoms with E-state index < -0.39 is 0 Å². The third-order valence-electron chi connectivity index (χ3n) is 3.64. The van der Waals surface area contributed by atoms with Crippen LogP contribution in [0.1, 0.15) is 35.7 Å². The van der Waals surface area contributed by atoms with Crippen molar-refractivity contribution >= 4 is 11.7 Å². The van der Waals surface area contributed by atoms with Gasteiger partial charge in [0.05, 0.1) is 13.2 Å². The van der Waals surface area contributed by atoms with Crippen molar-refractivity contribution in [2.24, 2.45) is 0 Å². The van der Waals surface area contributed by atoms with Gasteiger partial charge < -0.3 is 9.64 Å². The Balaban J connectivity index is 2.24. The van der Waals surface area contributed by atoms with Gasteiger partial charge in [0.2, 0.25) is 5.91 Å². The summed E-state index contributed by atoms with van der Waals surface area (Å²) >= 11 is 0. The Bertz CT molecular complexity index is 510. The van der Waals surface area contributed by atoms with E-state index in [2.05, 4.69) is 0 Å². The molecule has 102 valence electrons. The van der Waals surface area contributed by atoms with Crippen LogP contribution in [0.4, 0.5) is 0 Å². The number of likely N-dealkylation sites (tertiary alicyclic amines) is 1. The second-order valence-electron chi connectivity index (χ2n) is 4.92. The topological polar surface area (TPSA) is 46.6 Å². The monoisotopic (exact) mass is 261 g/mol. The van der Waals surface area contributed by atoms with Crippen LogP contribution in [0.2, 0.25) is 0 Å². The molecule has 19 heavy (non-hydrogen) atoms. The molecule has 0 spiro atoms. The predicted octanol–water partition coefficient (Wildman–Crippen LogP) is 2.20. The van der Waals surface area contributed by atoms with Crippen molar-refractivity contribution in [3.05, 3.63) is 29.3 Å². The molecule has 1 unspecified atom stereocenters. The molecule has 0 saturated carbocycles. The molecule has 4 heteroatoms. The predicted molar refractivity (Wildman–Crippen MR) is 72.5 cm³/mol. The molecule has 0 radical (unpaired) electrons.